The molecular weight excluding hydrogens is 224 g/mol. The van der Waals surface area contributed by atoms with E-state index in [2.05, 4.69) is 16.4 Å². The van der Waals surface area contributed by atoms with Crippen molar-refractivity contribution >= 4 is 0 Å². The van der Waals surface area contributed by atoms with Crippen molar-refractivity contribution in [2.24, 2.45) is 0 Å². The van der Waals surface area contributed by atoms with Gasteiger partial charge >= 0.3 is 0 Å². The van der Waals surface area contributed by atoms with E-state index in [0.29, 0.717) is 12.0 Å². The minimum absolute atomic E-state index is 0.178. The predicted molar refractivity (Wildman–Crippen MR) is 71.9 cm³/mol. The number of rotatable bonds is 2. The normalized spacial score (nSPS) is 30.7. The van der Waals surface area contributed by atoms with E-state index in [1.807, 2.05) is 33.0 Å². The van der Waals surface area contributed by atoms with Crippen LogP contribution < -0.4 is 10.1 Å². The zero-order valence-corrected chi connectivity index (χ0v) is 11.4. The Morgan fingerprint density at radius 3 is 2.61 bits per heavy atom. The first-order valence-electron chi connectivity index (χ1n) is 6.92. The Kier molecular flexibility index (Phi) is 2.81. The number of aromatic nitrogens is 1. The van der Waals surface area contributed by atoms with Crippen molar-refractivity contribution in [2.45, 2.75) is 63.6 Å². The Morgan fingerprint density at radius 2 is 2.11 bits per heavy atom. The number of hydrogen-bond donors (Lipinski definition) is 1. The second kappa shape index (κ2) is 4.23. The first kappa shape index (κ1) is 12.0. The topological polar surface area (TPSA) is 34.1 Å². The highest BCUT2D eigenvalue weighted by Gasteiger charge is 2.39. The maximum atomic E-state index is 5.75. The minimum atomic E-state index is -0.178. The predicted octanol–water partition coefficient (Wildman–Crippen LogP) is 2.87. The molecule has 1 aromatic rings. The van der Waals surface area contributed by atoms with Crippen LogP contribution >= 0.6 is 0 Å². The smallest absolute Gasteiger partial charge is 0.213 e. The molecule has 1 aromatic heterocycles. The third-order valence-electron chi connectivity index (χ3n) is 3.90. The molecule has 0 spiro atoms. The molecule has 3 atom stereocenters. The summed E-state index contributed by atoms with van der Waals surface area (Å²) in [5, 5.41) is 3.67. The van der Waals surface area contributed by atoms with Crippen molar-refractivity contribution in [3.63, 3.8) is 0 Å². The van der Waals surface area contributed by atoms with E-state index >= 15 is 0 Å². The summed E-state index contributed by atoms with van der Waals surface area (Å²) >= 11 is 0. The van der Waals surface area contributed by atoms with Gasteiger partial charge in [-0.2, -0.15) is 0 Å². The molecule has 2 aliphatic rings. The Balaban J connectivity index is 1.71. The molecule has 18 heavy (non-hydrogen) atoms. The Bertz CT molecular complexity index is 421. The minimum Gasteiger partial charge on any atom is -0.472 e. The Hall–Kier alpha value is -1.09. The fourth-order valence-electron chi connectivity index (χ4n) is 3.18. The molecule has 2 saturated heterocycles. The average molecular weight is 246 g/mol. The van der Waals surface area contributed by atoms with E-state index < -0.39 is 0 Å². The van der Waals surface area contributed by atoms with Crippen molar-refractivity contribution in [1.82, 2.24) is 10.3 Å². The molecule has 3 heteroatoms. The van der Waals surface area contributed by atoms with Crippen LogP contribution in [0, 0.1) is 0 Å². The molecule has 2 fully saturated rings. The number of nitrogens with one attached hydrogen (secondary N) is 1. The van der Waals surface area contributed by atoms with Crippen LogP contribution in [0.4, 0.5) is 0 Å². The van der Waals surface area contributed by atoms with Crippen LogP contribution in [0.3, 0.4) is 0 Å². The maximum absolute atomic E-state index is 5.75. The molecule has 2 bridgehead atoms. The summed E-state index contributed by atoms with van der Waals surface area (Å²) in [6.07, 6.45) is 5.93. The van der Waals surface area contributed by atoms with Gasteiger partial charge in [-0.05, 0) is 45.6 Å². The van der Waals surface area contributed by atoms with Crippen molar-refractivity contribution in [3.8, 4) is 5.88 Å². The Morgan fingerprint density at radius 1 is 1.28 bits per heavy atom. The monoisotopic (exact) mass is 246 g/mol. The lowest BCUT2D eigenvalue weighted by molar-refractivity contribution is 0.124. The summed E-state index contributed by atoms with van der Waals surface area (Å²) in [7, 11) is 0. The molecule has 3 nitrogen and oxygen atoms in total. The van der Waals surface area contributed by atoms with Gasteiger partial charge in [0.1, 0.15) is 5.60 Å². The summed E-state index contributed by atoms with van der Waals surface area (Å²) in [5.74, 6) is 1.38. The number of hydrogen-bond acceptors (Lipinski definition) is 3. The van der Waals surface area contributed by atoms with Gasteiger partial charge in [-0.25, -0.2) is 4.98 Å². The van der Waals surface area contributed by atoms with Gasteiger partial charge < -0.3 is 10.1 Å². The fraction of sp³-hybridized carbons (Fsp3) is 0.667. The van der Waals surface area contributed by atoms with Gasteiger partial charge in [0.25, 0.3) is 0 Å². The fourth-order valence-corrected chi connectivity index (χ4v) is 3.18. The van der Waals surface area contributed by atoms with Crippen molar-refractivity contribution < 1.29 is 4.74 Å². The summed E-state index contributed by atoms with van der Waals surface area (Å²) in [6, 6.07) is 5.60. The summed E-state index contributed by atoms with van der Waals surface area (Å²) in [5.41, 5.74) is 1.18. The van der Waals surface area contributed by atoms with E-state index in [1.54, 1.807) is 0 Å². The van der Waals surface area contributed by atoms with E-state index in [-0.39, 0.29) is 5.60 Å². The largest absolute Gasteiger partial charge is 0.472 e. The molecule has 0 saturated carbocycles. The van der Waals surface area contributed by atoms with Crippen LogP contribution in [-0.2, 0) is 0 Å². The zero-order chi connectivity index (χ0) is 12.8. The lowest BCUT2D eigenvalue weighted by Gasteiger charge is -2.22. The standard InChI is InChI=1S/C15H22N2O/c1-15(2,3)18-14-7-4-10(9-16-14)12-8-11-5-6-13(12)17-11/h4,7,9,11-13,17H,5-6,8H2,1-3H3/t11-,12?,13-/m1/s1. The van der Waals surface area contributed by atoms with Gasteiger partial charge in [0.2, 0.25) is 5.88 Å². The van der Waals surface area contributed by atoms with E-state index in [9.17, 15) is 0 Å². The first-order chi connectivity index (χ1) is 8.51. The van der Waals surface area contributed by atoms with Gasteiger partial charge in [0, 0.05) is 30.3 Å². The SMILES string of the molecule is CC(C)(C)Oc1ccc(C2C[C@H]3CC[C@H]2N3)cn1. The molecule has 3 heterocycles. The average Bonchev–Trinajstić information content (AvgIpc) is 2.89. The second-order valence-corrected chi connectivity index (χ2v) is 6.53. The van der Waals surface area contributed by atoms with Crippen LogP contribution in [0.5, 0.6) is 5.88 Å². The summed E-state index contributed by atoms with van der Waals surface area (Å²) < 4.78 is 5.75. The van der Waals surface area contributed by atoms with Crippen LogP contribution in [0.2, 0.25) is 0 Å². The van der Waals surface area contributed by atoms with Gasteiger partial charge in [-0.15, -0.1) is 0 Å². The number of ether oxygens (including phenoxy) is 1. The molecular formula is C15H22N2O. The highest BCUT2D eigenvalue weighted by atomic mass is 16.5. The lowest BCUT2D eigenvalue weighted by Crippen LogP contribution is -2.24. The van der Waals surface area contributed by atoms with Crippen molar-refractivity contribution in [3.05, 3.63) is 23.9 Å². The third-order valence-corrected chi connectivity index (χ3v) is 3.90. The van der Waals surface area contributed by atoms with Crippen LogP contribution in [0.1, 0.15) is 51.5 Å². The van der Waals surface area contributed by atoms with Crippen molar-refractivity contribution in [2.75, 3.05) is 0 Å². The highest BCUT2D eigenvalue weighted by Crippen LogP contribution is 2.39. The number of fused-ring (bicyclic) bond motifs is 2. The van der Waals surface area contributed by atoms with Gasteiger partial charge in [0.15, 0.2) is 0 Å². The first-order valence-corrected chi connectivity index (χ1v) is 6.92. The van der Waals surface area contributed by atoms with E-state index in [0.717, 1.165) is 11.9 Å². The molecule has 98 valence electrons. The molecule has 1 N–H and O–H groups in total. The molecule has 0 aliphatic carbocycles. The molecule has 0 radical (unpaired) electrons. The van der Waals surface area contributed by atoms with Crippen molar-refractivity contribution in [1.29, 1.82) is 0 Å². The molecule has 1 unspecified atom stereocenters. The lowest BCUT2D eigenvalue weighted by atomic mass is 9.85. The Labute approximate surface area is 109 Å². The third kappa shape index (κ3) is 2.37. The van der Waals surface area contributed by atoms with E-state index in [4.69, 9.17) is 4.74 Å². The summed E-state index contributed by atoms with van der Waals surface area (Å²) in [6.45, 7) is 6.13. The van der Waals surface area contributed by atoms with Gasteiger partial charge in [0.05, 0.1) is 0 Å². The molecule has 0 aromatic carbocycles. The van der Waals surface area contributed by atoms with Crippen LogP contribution in [0.25, 0.3) is 0 Å². The quantitative estimate of drug-likeness (QED) is 0.871. The highest BCUT2D eigenvalue weighted by molar-refractivity contribution is 5.26. The van der Waals surface area contributed by atoms with Gasteiger partial charge in [-0.3, -0.25) is 0 Å². The molecule has 2 aliphatic heterocycles. The molecule has 0 amide bonds. The summed E-state index contributed by atoms with van der Waals surface area (Å²) in [4.78, 5) is 4.44. The molecule has 3 rings (SSSR count). The second-order valence-electron chi connectivity index (χ2n) is 6.53. The number of nitrogens with zero attached hydrogens (tertiary/aromatic N) is 1. The number of pyridine rings is 1. The van der Waals surface area contributed by atoms with Crippen LogP contribution in [0.15, 0.2) is 18.3 Å². The van der Waals surface area contributed by atoms with Gasteiger partial charge in [-0.1, -0.05) is 6.07 Å². The van der Waals surface area contributed by atoms with E-state index in [1.165, 1.54) is 24.8 Å². The maximum Gasteiger partial charge on any atom is 0.213 e. The zero-order valence-electron chi connectivity index (χ0n) is 11.4. The van der Waals surface area contributed by atoms with Crippen LogP contribution in [-0.4, -0.2) is 22.7 Å².